The third-order valence-corrected chi connectivity index (χ3v) is 3.19. The van der Waals surface area contributed by atoms with Gasteiger partial charge in [-0.05, 0) is 24.1 Å². The molecular formula is C14H14BrNO3. The Kier molecular flexibility index (Phi) is 6.23. The molecule has 0 aliphatic rings. The summed E-state index contributed by atoms with van der Waals surface area (Å²) in [6.07, 6.45) is 0.287. The smallest absolute Gasteiger partial charge is 0.338 e. The third-order valence-electron chi connectivity index (χ3n) is 2.56. The van der Waals surface area contributed by atoms with Gasteiger partial charge in [-0.25, -0.2) is 4.79 Å². The van der Waals surface area contributed by atoms with Gasteiger partial charge in [0.15, 0.2) is 0 Å². The van der Waals surface area contributed by atoms with Gasteiger partial charge in [-0.1, -0.05) is 28.1 Å². The lowest BCUT2D eigenvalue weighted by atomic mass is 9.95. The van der Waals surface area contributed by atoms with Gasteiger partial charge < -0.3 is 4.74 Å². The predicted molar refractivity (Wildman–Crippen MR) is 74.2 cm³/mol. The average molecular weight is 324 g/mol. The van der Waals surface area contributed by atoms with Crippen LogP contribution >= 0.6 is 15.9 Å². The van der Waals surface area contributed by atoms with Gasteiger partial charge in [0, 0.05) is 6.42 Å². The number of halogens is 1. The second kappa shape index (κ2) is 7.70. The van der Waals surface area contributed by atoms with E-state index in [1.54, 1.807) is 25.1 Å². The van der Waals surface area contributed by atoms with Crippen LogP contribution in [-0.4, -0.2) is 23.7 Å². The lowest BCUT2D eigenvalue weighted by Gasteiger charge is -2.11. The number of carbonyl (C=O) groups excluding carboxylic acids is 2. The quantitative estimate of drug-likeness (QED) is 0.595. The first kappa shape index (κ1) is 15.4. The Morgan fingerprint density at radius 1 is 1.42 bits per heavy atom. The van der Waals surface area contributed by atoms with Crippen LogP contribution in [0.5, 0.6) is 0 Å². The van der Waals surface area contributed by atoms with Crippen molar-refractivity contribution in [2.45, 2.75) is 19.8 Å². The summed E-state index contributed by atoms with van der Waals surface area (Å²) < 4.78 is 4.97. The standard InChI is InChI=1S/C14H14BrNO3/c1-2-19-14(18)12-5-3-4-10(6-7-16)13(12)8-11(17)9-15/h3-5H,2,6,8-9H2,1H3. The van der Waals surface area contributed by atoms with Crippen LogP contribution in [0, 0.1) is 11.3 Å². The van der Waals surface area contributed by atoms with Crippen molar-refractivity contribution < 1.29 is 14.3 Å². The molecule has 0 aliphatic carbocycles. The van der Waals surface area contributed by atoms with Gasteiger partial charge >= 0.3 is 5.97 Å². The van der Waals surface area contributed by atoms with Crippen LogP contribution in [0.2, 0.25) is 0 Å². The first-order valence-electron chi connectivity index (χ1n) is 5.86. The average Bonchev–Trinajstić information content (AvgIpc) is 2.41. The summed E-state index contributed by atoms with van der Waals surface area (Å²) in [5.74, 6) is -0.504. The molecule has 4 nitrogen and oxygen atoms in total. The van der Waals surface area contributed by atoms with Crippen molar-refractivity contribution in [3.8, 4) is 6.07 Å². The van der Waals surface area contributed by atoms with Crippen LogP contribution in [0.3, 0.4) is 0 Å². The largest absolute Gasteiger partial charge is 0.462 e. The minimum Gasteiger partial charge on any atom is -0.462 e. The molecule has 0 unspecified atom stereocenters. The number of ketones is 1. The SMILES string of the molecule is CCOC(=O)c1cccc(CC#N)c1CC(=O)CBr. The zero-order chi connectivity index (χ0) is 14.3. The molecule has 0 saturated heterocycles. The Balaban J connectivity index is 3.21. The van der Waals surface area contributed by atoms with E-state index in [0.29, 0.717) is 16.7 Å². The summed E-state index contributed by atoms with van der Waals surface area (Å²) >= 11 is 3.10. The summed E-state index contributed by atoms with van der Waals surface area (Å²) in [6.45, 7) is 1.99. The number of nitriles is 1. The number of benzene rings is 1. The van der Waals surface area contributed by atoms with Crippen molar-refractivity contribution in [1.82, 2.24) is 0 Å². The number of hydrogen-bond donors (Lipinski definition) is 0. The van der Waals surface area contributed by atoms with Crippen LogP contribution in [0.25, 0.3) is 0 Å². The fraction of sp³-hybridized carbons (Fsp3) is 0.357. The second-order valence-corrected chi connectivity index (χ2v) is 4.41. The minimum atomic E-state index is -0.459. The maximum absolute atomic E-state index is 11.9. The predicted octanol–water partition coefficient (Wildman–Crippen LogP) is 2.44. The molecule has 0 amide bonds. The summed E-state index contributed by atoms with van der Waals surface area (Å²) in [5, 5.41) is 9.03. The molecule has 0 heterocycles. The highest BCUT2D eigenvalue weighted by molar-refractivity contribution is 9.09. The lowest BCUT2D eigenvalue weighted by molar-refractivity contribution is -0.115. The molecule has 1 aromatic rings. The zero-order valence-electron chi connectivity index (χ0n) is 10.6. The number of hydrogen-bond acceptors (Lipinski definition) is 4. The number of Topliss-reactive ketones (excluding diaryl/α,β-unsaturated/α-hetero) is 1. The van der Waals surface area contributed by atoms with E-state index in [4.69, 9.17) is 10.00 Å². The van der Waals surface area contributed by atoms with Crippen LogP contribution in [0.4, 0.5) is 0 Å². The molecule has 19 heavy (non-hydrogen) atoms. The van der Waals surface area contributed by atoms with E-state index < -0.39 is 5.97 Å². The number of nitrogens with zero attached hydrogens (tertiary/aromatic N) is 1. The molecule has 1 aromatic carbocycles. The van der Waals surface area contributed by atoms with Gasteiger partial charge in [0.2, 0.25) is 0 Å². The highest BCUT2D eigenvalue weighted by atomic mass is 79.9. The van der Waals surface area contributed by atoms with Gasteiger partial charge in [0.25, 0.3) is 0 Å². The third kappa shape index (κ3) is 4.18. The van der Waals surface area contributed by atoms with Crippen LogP contribution in [0.1, 0.15) is 28.4 Å². The van der Waals surface area contributed by atoms with E-state index in [-0.39, 0.29) is 30.6 Å². The fourth-order valence-corrected chi connectivity index (χ4v) is 1.94. The molecule has 100 valence electrons. The number of alkyl halides is 1. The van der Waals surface area contributed by atoms with Gasteiger partial charge in [-0.3, -0.25) is 4.79 Å². The molecule has 0 radical (unpaired) electrons. The Morgan fingerprint density at radius 3 is 2.74 bits per heavy atom. The second-order valence-electron chi connectivity index (χ2n) is 3.85. The van der Waals surface area contributed by atoms with Crippen LogP contribution in [0.15, 0.2) is 18.2 Å². The van der Waals surface area contributed by atoms with Gasteiger partial charge in [-0.2, -0.15) is 5.26 Å². The van der Waals surface area contributed by atoms with Gasteiger partial charge in [-0.15, -0.1) is 0 Å². The minimum absolute atomic E-state index is 0.0454. The van der Waals surface area contributed by atoms with Crippen molar-refractivity contribution in [2.75, 3.05) is 11.9 Å². The number of carbonyl (C=O) groups is 2. The Hall–Kier alpha value is -1.67. The lowest BCUT2D eigenvalue weighted by Crippen LogP contribution is -2.14. The molecule has 0 fully saturated rings. The number of ether oxygens (including phenoxy) is 1. The zero-order valence-corrected chi connectivity index (χ0v) is 12.2. The van der Waals surface area contributed by atoms with Gasteiger partial charge in [0.1, 0.15) is 5.78 Å². The molecule has 0 atom stereocenters. The van der Waals surface area contributed by atoms with Crippen molar-refractivity contribution in [1.29, 1.82) is 5.26 Å². The van der Waals surface area contributed by atoms with Crippen molar-refractivity contribution in [3.05, 3.63) is 34.9 Å². The first-order chi connectivity index (χ1) is 9.13. The molecule has 0 aromatic heterocycles. The van der Waals surface area contributed by atoms with E-state index in [1.165, 1.54) is 0 Å². The monoisotopic (exact) mass is 323 g/mol. The topological polar surface area (TPSA) is 67.2 Å². The fourth-order valence-electron chi connectivity index (χ4n) is 1.74. The summed E-state index contributed by atoms with van der Waals surface area (Å²) in [6, 6.07) is 7.11. The number of rotatable bonds is 6. The first-order valence-corrected chi connectivity index (χ1v) is 6.98. The molecular weight excluding hydrogens is 310 g/mol. The molecule has 1 rings (SSSR count). The van der Waals surface area contributed by atoms with E-state index in [2.05, 4.69) is 15.9 Å². The highest BCUT2D eigenvalue weighted by Crippen LogP contribution is 2.18. The molecule has 0 spiro atoms. The Labute approximate surface area is 120 Å². The van der Waals surface area contributed by atoms with Crippen LogP contribution < -0.4 is 0 Å². The van der Waals surface area contributed by atoms with Crippen molar-refractivity contribution in [2.24, 2.45) is 0 Å². The van der Waals surface area contributed by atoms with E-state index in [0.717, 1.165) is 0 Å². The van der Waals surface area contributed by atoms with Gasteiger partial charge in [0.05, 0.1) is 30.0 Å². The summed E-state index contributed by atoms with van der Waals surface area (Å²) in [5.41, 5.74) is 1.65. The van der Waals surface area contributed by atoms with Crippen LogP contribution in [-0.2, 0) is 22.4 Å². The van der Waals surface area contributed by atoms with E-state index in [1.807, 2.05) is 6.07 Å². The summed E-state index contributed by atoms with van der Waals surface area (Å²) in [4.78, 5) is 23.5. The maximum atomic E-state index is 11.9. The van der Waals surface area contributed by atoms with E-state index in [9.17, 15) is 9.59 Å². The van der Waals surface area contributed by atoms with Crippen molar-refractivity contribution >= 4 is 27.7 Å². The molecule has 0 saturated carbocycles. The highest BCUT2D eigenvalue weighted by Gasteiger charge is 2.17. The molecule has 0 aliphatic heterocycles. The molecule has 0 N–H and O–H groups in total. The molecule has 0 bridgehead atoms. The van der Waals surface area contributed by atoms with E-state index >= 15 is 0 Å². The Morgan fingerprint density at radius 2 is 2.16 bits per heavy atom. The van der Waals surface area contributed by atoms with Crippen molar-refractivity contribution in [3.63, 3.8) is 0 Å². The number of esters is 1. The normalized spacial score (nSPS) is 9.74. The maximum Gasteiger partial charge on any atom is 0.338 e. The summed E-state index contributed by atoms with van der Waals surface area (Å²) in [7, 11) is 0. The Bertz CT molecular complexity index is 520. The molecule has 5 heteroatoms.